The smallest absolute Gasteiger partial charge is 0.335 e. The van der Waals surface area contributed by atoms with Crippen LogP contribution in [0.4, 0.5) is 4.39 Å². The average Bonchev–Trinajstić information content (AvgIpc) is 2.39. The minimum Gasteiger partial charge on any atom is -0.434 e. The van der Waals surface area contributed by atoms with Crippen LogP contribution in [0.15, 0.2) is 35.5 Å². The SMILES string of the molecule is C=COC(=O)[C@H](CO)NC(=O)c1ccc(Br)c(F)c1. The van der Waals surface area contributed by atoms with Gasteiger partial charge >= 0.3 is 5.97 Å². The fraction of sp³-hybridized carbons (Fsp3) is 0.167. The van der Waals surface area contributed by atoms with Gasteiger partial charge < -0.3 is 15.2 Å². The van der Waals surface area contributed by atoms with Crippen molar-refractivity contribution in [2.24, 2.45) is 0 Å². The van der Waals surface area contributed by atoms with Crippen molar-refractivity contribution in [3.8, 4) is 0 Å². The number of hydrogen-bond acceptors (Lipinski definition) is 4. The first-order valence-corrected chi connectivity index (χ1v) is 5.97. The molecule has 0 radical (unpaired) electrons. The Balaban J connectivity index is 2.79. The van der Waals surface area contributed by atoms with Crippen LogP contribution in [0.1, 0.15) is 10.4 Å². The third-order valence-corrected chi connectivity index (χ3v) is 2.80. The van der Waals surface area contributed by atoms with Gasteiger partial charge in [0.25, 0.3) is 5.91 Å². The fourth-order valence-electron chi connectivity index (χ4n) is 1.22. The van der Waals surface area contributed by atoms with Gasteiger partial charge in [0.2, 0.25) is 0 Å². The number of amides is 1. The molecule has 0 fully saturated rings. The molecule has 0 bridgehead atoms. The molecule has 0 aliphatic carbocycles. The van der Waals surface area contributed by atoms with Crippen LogP contribution < -0.4 is 5.32 Å². The lowest BCUT2D eigenvalue weighted by molar-refractivity contribution is -0.141. The van der Waals surface area contributed by atoms with Crippen LogP contribution in [0.3, 0.4) is 0 Å². The molecular weight excluding hydrogens is 321 g/mol. The zero-order valence-corrected chi connectivity index (χ0v) is 11.3. The summed E-state index contributed by atoms with van der Waals surface area (Å²) < 4.78 is 17.9. The van der Waals surface area contributed by atoms with Gasteiger partial charge in [0.05, 0.1) is 17.3 Å². The number of ether oxygens (including phenoxy) is 1. The summed E-state index contributed by atoms with van der Waals surface area (Å²) in [6.07, 6.45) is 0.885. The lowest BCUT2D eigenvalue weighted by Crippen LogP contribution is -2.43. The lowest BCUT2D eigenvalue weighted by atomic mass is 10.2. The van der Waals surface area contributed by atoms with E-state index in [0.29, 0.717) is 0 Å². The molecule has 1 amide bonds. The summed E-state index contributed by atoms with van der Waals surface area (Å²) in [5, 5.41) is 11.2. The highest BCUT2D eigenvalue weighted by atomic mass is 79.9. The predicted molar refractivity (Wildman–Crippen MR) is 68.7 cm³/mol. The Kier molecular flexibility index (Phi) is 5.65. The van der Waals surface area contributed by atoms with E-state index in [4.69, 9.17) is 5.11 Å². The molecular formula is C12H11BrFNO4. The molecule has 1 atom stereocenters. The topological polar surface area (TPSA) is 75.6 Å². The summed E-state index contributed by atoms with van der Waals surface area (Å²) in [5.74, 6) is -2.17. The molecule has 0 aliphatic heterocycles. The second kappa shape index (κ2) is 7.01. The standard InChI is InChI=1S/C12H11BrFNO4/c1-2-19-12(18)10(6-16)15-11(17)7-3-4-8(13)9(14)5-7/h2-5,10,16H,1,6H2,(H,15,17)/t10-/m0/s1. The van der Waals surface area contributed by atoms with Crippen molar-refractivity contribution < 1.29 is 23.8 Å². The summed E-state index contributed by atoms with van der Waals surface area (Å²) in [7, 11) is 0. The molecule has 19 heavy (non-hydrogen) atoms. The maximum atomic E-state index is 13.3. The van der Waals surface area contributed by atoms with Gasteiger partial charge in [0, 0.05) is 5.56 Å². The van der Waals surface area contributed by atoms with Crippen molar-refractivity contribution in [2.45, 2.75) is 6.04 Å². The third kappa shape index (κ3) is 4.15. The van der Waals surface area contributed by atoms with Gasteiger partial charge in [-0.05, 0) is 34.1 Å². The molecule has 0 saturated carbocycles. The maximum absolute atomic E-state index is 13.3. The van der Waals surface area contributed by atoms with Crippen LogP contribution in [0.2, 0.25) is 0 Å². The number of hydrogen-bond donors (Lipinski definition) is 2. The third-order valence-electron chi connectivity index (χ3n) is 2.15. The van der Waals surface area contributed by atoms with Gasteiger partial charge in [-0.25, -0.2) is 9.18 Å². The van der Waals surface area contributed by atoms with E-state index in [1.54, 1.807) is 0 Å². The van der Waals surface area contributed by atoms with Crippen molar-refractivity contribution >= 4 is 27.8 Å². The van der Waals surface area contributed by atoms with E-state index in [0.717, 1.165) is 12.3 Å². The Morgan fingerprint density at radius 1 is 1.58 bits per heavy atom. The Labute approximate surface area is 117 Å². The second-order valence-corrected chi connectivity index (χ2v) is 4.30. The van der Waals surface area contributed by atoms with Gasteiger partial charge in [0.15, 0.2) is 6.04 Å². The van der Waals surface area contributed by atoms with Crippen LogP contribution in [0.5, 0.6) is 0 Å². The largest absolute Gasteiger partial charge is 0.434 e. The molecule has 2 N–H and O–H groups in total. The Hall–Kier alpha value is -1.73. The molecule has 5 nitrogen and oxygen atoms in total. The number of rotatable bonds is 5. The van der Waals surface area contributed by atoms with Gasteiger partial charge in [-0.3, -0.25) is 4.79 Å². The lowest BCUT2D eigenvalue weighted by Gasteiger charge is -2.13. The maximum Gasteiger partial charge on any atom is 0.335 e. The van der Waals surface area contributed by atoms with Crippen molar-refractivity contribution in [3.63, 3.8) is 0 Å². The zero-order valence-electron chi connectivity index (χ0n) is 9.73. The summed E-state index contributed by atoms with van der Waals surface area (Å²) in [4.78, 5) is 23.1. The van der Waals surface area contributed by atoms with E-state index in [-0.39, 0.29) is 10.0 Å². The molecule has 0 heterocycles. The average molecular weight is 332 g/mol. The van der Waals surface area contributed by atoms with Crippen LogP contribution in [0, 0.1) is 5.82 Å². The summed E-state index contributed by atoms with van der Waals surface area (Å²) in [6.45, 7) is 2.54. The normalized spacial score (nSPS) is 11.5. The number of carbonyl (C=O) groups excluding carboxylic acids is 2. The van der Waals surface area contributed by atoms with Gasteiger partial charge in [-0.15, -0.1) is 0 Å². The number of benzene rings is 1. The molecule has 102 valence electrons. The molecule has 0 unspecified atom stereocenters. The van der Waals surface area contributed by atoms with E-state index in [1.807, 2.05) is 0 Å². The molecule has 0 saturated heterocycles. The van der Waals surface area contributed by atoms with Crippen LogP contribution in [-0.2, 0) is 9.53 Å². The summed E-state index contributed by atoms with van der Waals surface area (Å²) in [6, 6.07) is 2.50. The van der Waals surface area contributed by atoms with Gasteiger partial charge in [-0.1, -0.05) is 6.58 Å². The molecule has 0 aliphatic rings. The van der Waals surface area contributed by atoms with Crippen LogP contribution in [-0.4, -0.2) is 29.6 Å². The summed E-state index contributed by atoms with van der Waals surface area (Å²) in [5.41, 5.74) is 0.0190. The first kappa shape index (κ1) is 15.3. The number of aliphatic hydroxyl groups is 1. The highest BCUT2D eigenvalue weighted by Crippen LogP contribution is 2.16. The van der Waals surface area contributed by atoms with Crippen molar-refractivity contribution in [2.75, 3.05) is 6.61 Å². The highest BCUT2D eigenvalue weighted by molar-refractivity contribution is 9.10. The number of carbonyl (C=O) groups is 2. The predicted octanol–water partition coefficient (Wildman–Crippen LogP) is 1.37. The van der Waals surface area contributed by atoms with Crippen LogP contribution in [0.25, 0.3) is 0 Å². The number of nitrogens with one attached hydrogen (secondary N) is 1. The van der Waals surface area contributed by atoms with Gasteiger partial charge in [-0.2, -0.15) is 0 Å². The van der Waals surface area contributed by atoms with E-state index < -0.39 is 30.3 Å². The minimum absolute atomic E-state index is 0.0190. The Morgan fingerprint density at radius 2 is 2.26 bits per heavy atom. The zero-order chi connectivity index (χ0) is 14.4. The highest BCUT2D eigenvalue weighted by Gasteiger charge is 2.21. The molecule has 1 aromatic carbocycles. The van der Waals surface area contributed by atoms with Crippen molar-refractivity contribution in [1.29, 1.82) is 0 Å². The molecule has 1 rings (SSSR count). The van der Waals surface area contributed by atoms with Crippen molar-refractivity contribution in [1.82, 2.24) is 5.32 Å². The molecule has 7 heteroatoms. The monoisotopic (exact) mass is 331 g/mol. The molecule has 1 aromatic rings. The number of aliphatic hydroxyl groups excluding tert-OH is 1. The fourth-order valence-corrected chi connectivity index (χ4v) is 1.47. The van der Waals surface area contributed by atoms with Gasteiger partial charge in [0.1, 0.15) is 5.82 Å². The van der Waals surface area contributed by atoms with E-state index >= 15 is 0 Å². The van der Waals surface area contributed by atoms with E-state index in [2.05, 4.69) is 32.6 Å². The molecule has 0 spiro atoms. The first-order chi connectivity index (χ1) is 8.99. The minimum atomic E-state index is -1.24. The Bertz CT molecular complexity index is 507. The number of esters is 1. The first-order valence-electron chi connectivity index (χ1n) is 5.17. The van der Waals surface area contributed by atoms with Crippen molar-refractivity contribution in [3.05, 3.63) is 46.9 Å². The Morgan fingerprint density at radius 3 is 2.79 bits per heavy atom. The molecule has 0 aromatic heterocycles. The summed E-state index contributed by atoms with van der Waals surface area (Å²) >= 11 is 2.95. The second-order valence-electron chi connectivity index (χ2n) is 3.44. The van der Waals surface area contributed by atoms with E-state index in [1.165, 1.54) is 12.1 Å². The van der Waals surface area contributed by atoms with Crippen LogP contribution >= 0.6 is 15.9 Å². The quantitative estimate of drug-likeness (QED) is 0.631. The van der Waals surface area contributed by atoms with E-state index in [9.17, 15) is 14.0 Å². The number of halogens is 2.